The van der Waals surface area contributed by atoms with Crippen molar-refractivity contribution >= 4 is 23.4 Å². The summed E-state index contributed by atoms with van der Waals surface area (Å²) in [6, 6.07) is 15.9. The van der Waals surface area contributed by atoms with E-state index in [1.807, 2.05) is 62.0 Å². The molecular weight excluding hydrogens is 368 g/mol. The van der Waals surface area contributed by atoms with Crippen molar-refractivity contribution in [3.05, 3.63) is 65.5 Å². The van der Waals surface area contributed by atoms with E-state index in [1.165, 1.54) is 4.90 Å². The average Bonchev–Trinajstić information content (AvgIpc) is 3.05. The molecule has 1 heterocycles. The van der Waals surface area contributed by atoms with Crippen LogP contribution >= 0.6 is 11.8 Å². The van der Waals surface area contributed by atoms with Crippen LogP contribution in [-0.2, 0) is 11.2 Å². The molecule has 1 atom stereocenters. The molecule has 1 amide bonds. The molecule has 0 aliphatic rings. The lowest BCUT2D eigenvalue weighted by Gasteiger charge is -2.12. The Hall–Kier alpha value is -2.53. The van der Waals surface area contributed by atoms with Gasteiger partial charge in [0.1, 0.15) is 5.76 Å². The van der Waals surface area contributed by atoms with Crippen molar-refractivity contribution in [2.75, 3.05) is 5.32 Å². The van der Waals surface area contributed by atoms with Crippen molar-refractivity contribution in [3.8, 4) is 11.5 Å². The molecule has 0 aliphatic carbocycles. The number of nitrogens with zero attached hydrogens (tertiary/aromatic N) is 1. The number of aryl methyl sites for hydroxylation is 2. The number of thioether (sulfide) groups is 1. The third-order valence-corrected chi connectivity index (χ3v) is 5.89. The first-order valence-corrected chi connectivity index (χ1v) is 10.4. The number of nitrogens with one attached hydrogen (secondary N) is 1. The van der Waals surface area contributed by atoms with Gasteiger partial charge in [0.2, 0.25) is 11.8 Å². The largest absolute Gasteiger partial charge is 0.441 e. The normalized spacial score (nSPS) is 12.0. The Labute approximate surface area is 170 Å². The summed E-state index contributed by atoms with van der Waals surface area (Å²) in [6.07, 6.45) is 1.31. The highest BCUT2D eigenvalue weighted by Gasteiger charge is 2.15. The number of aromatic nitrogens is 1. The summed E-state index contributed by atoms with van der Waals surface area (Å²) in [5, 5.41) is 3.58. The van der Waals surface area contributed by atoms with Crippen LogP contribution in [0.4, 0.5) is 5.69 Å². The minimum atomic E-state index is -0.0959. The Balaban J connectivity index is 1.67. The maximum Gasteiger partial charge on any atom is 0.230 e. The van der Waals surface area contributed by atoms with E-state index in [4.69, 9.17) is 4.42 Å². The Morgan fingerprint density at radius 1 is 1.18 bits per heavy atom. The first kappa shape index (κ1) is 20.2. The van der Waals surface area contributed by atoms with E-state index in [2.05, 4.69) is 36.3 Å². The molecule has 1 aromatic heterocycles. The monoisotopic (exact) mass is 394 g/mol. The van der Waals surface area contributed by atoms with Crippen LogP contribution in [-0.4, -0.2) is 16.1 Å². The average molecular weight is 395 g/mol. The molecule has 0 bridgehead atoms. The van der Waals surface area contributed by atoms with Gasteiger partial charge in [-0.2, -0.15) is 0 Å². The van der Waals surface area contributed by atoms with Gasteiger partial charge in [-0.25, -0.2) is 4.98 Å². The van der Waals surface area contributed by atoms with Crippen LogP contribution in [0.25, 0.3) is 11.5 Å². The van der Waals surface area contributed by atoms with Crippen LogP contribution in [0.3, 0.4) is 0 Å². The van der Waals surface area contributed by atoms with Gasteiger partial charge in [0.05, 0.1) is 12.1 Å². The van der Waals surface area contributed by atoms with Crippen molar-refractivity contribution in [1.29, 1.82) is 0 Å². The lowest BCUT2D eigenvalue weighted by Crippen LogP contribution is -2.16. The van der Waals surface area contributed by atoms with Crippen LogP contribution in [0.1, 0.15) is 37.3 Å². The second kappa shape index (κ2) is 9.11. The molecule has 3 rings (SSSR count). The summed E-state index contributed by atoms with van der Waals surface area (Å²) in [5.41, 5.74) is 3.46. The highest BCUT2D eigenvalue weighted by molar-refractivity contribution is 7.99. The number of hydrogen-bond donors (Lipinski definition) is 1. The van der Waals surface area contributed by atoms with Gasteiger partial charge in [0.25, 0.3) is 0 Å². The maximum absolute atomic E-state index is 12.5. The van der Waals surface area contributed by atoms with Crippen LogP contribution in [0.15, 0.2) is 57.8 Å². The van der Waals surface area contributed by atoms with Crippen molar-refractivity contribution in [1.82, 2.24) is 4.98 Å². The van der Waals surface area contributed by atoms with E-state index in [1.54, 1.807) is 0 Å². The zero-order chi connectivity index (χ0) is 20.1. The second-order valence-corrected chi connectivity index (χ2v) is 8.44. The fraction of sp³-hybridized carbons (Fsp3) is 0.304. The summed E-state index contributed by atoms with van der Waals surface area (Å²) >= 11 is 1.86. The molecule has 28 heavy (non-hydrogen) atoms. The number of amides is 1. The summed E-state index contributed by atoms with van der Waals surface area (Å²) in [7, 11) is 0. The van der Waals surface area contributed by atoms with Gasteiger partial charge in [0, 0.05) is 21.4 Å². The number of carbonyl (C=O) groups excluding carboxylic acids is 1. The molecule has 0 fully saturated rings. The van der Waals surface area contributed by atoms with Gasteiger partial charge < -0.3 is 9.73 Å². The van der Waals surface area contributed by atoms with Gasteiger partial charge in [-0.1, -0.05) is 32.0 Å². The standard InChI is InChI=1S/C23H26N2O2S/c1-5-16(3)28-19-11-12-20(15(2)13-19)24-22(26)14-21-17(4)27-23(25-21)18-9-7-6-8-10-18/h6-13,16H,5,14H2,1-4H3,(H,24,26). The maximum atomic E-state index is 12.5. The Bertz CT molecular complexity index is 950. The molecular formula is C23H26N2O2S. The first-order chi connectivity index (χ1) is 13.5. The van der Waals surface area contributed by atoms with Gasteiger partial charge in [-0.15, -0.1) is 11.8 Å². The van der Waals surface area contributed by atoms with E-state index in [9.17, 15) is 4.79 Å². The number of benzene rings is 2. The fourth-order valence-corrected chi connectivity index (χ4v) is 3.83. The Kier molecular flexibility index (Phi) is 6.57. The van der Waals surface area contributed by atoms with E-state index in [0.717, 1.165) is 23.2 Å². The molecule has 4 nitrogen and oxygen atoms in total. The number of oxazole rings is 1. The van der Waals surface area contributed by atoms with Crippen LogP contribution in [0, 0.1) is 13.8 Å². The summed E-state index contributed by atoms with van der Waals surface area (Å²) in [6.45, 7) is 8.27. The van der Waals surface area contributed by atoms with Crippen LogP contribution < -0.4 is 5.32 Å². The van der Waals surface area contributed by atoms with Crippen molar-refractivity contribution < 1.29 is 9.21 Å². The first-order valence-electron chi connectivity index (χ1n) is 9.55. The van der Waals surface area contributed by atoms with E-state index >= 15 is 0 Å². The van der Waals surface area contributed by atoms with Crippen molar-refractivity contribution in [2.24, 2.45) is 0 Å². The summed E-state index contributed by atoms with van der Waals surface area (Å²) < 4.78 is 5.74. The molecule has 146 valence electrons. The molecule has 0 spiro atoms. The number of carbonyl (C=O) groups is 1. The molecule has 0 aliphatic heterocycles. The van der Waals surface area contributed by atoms with Gasteiger partial charge in [-0.3, -0.25) is 4.79 Å². The molecule has 0 saturated carbocycles. The molecule has 0 radical (unpaired) electrons. The zero-order valence-electron chi connectivity index (χ0n) is 16.8. The minimum Gasteiger partial charge on any atom is -0.441 e. The topological polar surface area (TPSA) is 55.1 Å². The molecule has 1 N–H and O–H groups in total. The zero-order valence-corrected chi connectivity index (χ0v) is 17.6. The molecule has 3 aromatic rings. The predicted octanol–water partition coefficient (Wildman–Crippen LogP) is 6.03. The van der Waals surface area contributed by atoms with Gasteiger partial charge in [0.15, 0.2) is 0 Å². The molecule has 5 heteroatoms. The SMILES string of the molecule is CCC(C)Sc1ccc(NC(=O)Cc2nc(-c3ccccc3)oc2C)c(C)c1. The van der Waals surface area contributed by atoms with Crippen molar-refractivity contribution in [2.45, 2.75) is 50.7 Å². The van der Waals surface area contributed by atoms with Crippen LogP contribution in [0.5, 0.6) is 0 Å². The number of anilines is 1. The quantitative estimate of drug-likeness (QED) is 0.497. The van der Waals surface area contributed by atoms with E-state index in [-0.39, 0.29) is 12.3 Å². The predicted molar refractivity (Wildman–Crippen MR) is 116 cm³/mol. The Morgan fingerprint density at radius 3 is 2.61 bits per heavy atom. The molecule has 2 aromatic carbocycles. The number of hydrogen-bond acceptors (Lipinski definition) is 4. The smallest absolute Gasteiger partial charge is 0.230 e. The van der Waals surface area contributed by atoms with E-state index in [0.29, 0.717) is 22.6 Å². The second-order valence-electron chi connectivity index (χ2n) is 6.93. The third kappa shape index (κ3) is 5.04. The lowest BCUT2D eigenvalue weighted by atomic mass is 10.2. The lowest BCUT2D eigenvalue weighted by molar-refractivity contribution is -0.115. The van der Waals surface area contributed by atoms with E-state index < -0.39 is 0 Å². The third-order valence-electron chi connectivity index (χ3n) is 4.63. The van der Waals surface area contributed by atoms with Crippen LogP contribution in [0.2, 0.25) is 0 Å². The van der Waals surface area contributed by atoms with Gasteiger partial charge in [-0.05, 0) is 56.2 Å². The number of rotatable bonds is 7. The highest BCUT2D eigenvalue weighted by Crippen LogP contribution is 2.28. The summed E-state index contributed by atoms with van der Waals surface area (Å²) in [4.78, 5) is 18.3. The minimum absolute atomic E-state index is 0.0959. The van der Waals surface area contributed by atoms with Crippen molar-refractivity contribution in [3.63, 3.8) is 0 Å². The molecule has 0 saturated heterocycles. The fourth-order valence-electron chi connectivity index (χ4n) is 2.81. The molecule has 1 unspecified atom stereocenters. The van der Waals surface area contributed by atoms with Gasteiger partial charge >= 0.3 is 0 Å². The highest BCUT2D eigenvalue weighted by atomic mass is 32.2. The summed E-state index contributed by atoms with van der Waals surface area (Å²) in [5.74, 6) is 1.12. The Morgan fingerprint density at radius 2 is 1.93 bits per heavy atom.